The van der Waals surface area contributed by atoms with Crippen LogP contribution in [0.1, 0.15) is 10.4 Å². The second-order valence-corrected chi connectivity index (χ2v) is 7.33. The third-order valence-electron chi connectivity index (χ3n) is 2.26. The summed E-state index contributed by atoms with van der Waals surface area (Å²) in [6, 6.07) is 2.79. The van der Waals surface area contributed by atoms with Crippen molar-refractivity contribution in [3.63, 3.8) is 0 Å². The fourth-order valence-electron chi connectivity index (χ4n) is 1.30. The lowest BCUT2D eigenvalue weighted by molar-refractivity contribution is 0.0953. The van der Waals surface area contributed by atoms with E-state index in [0.29, 0.717) is 11.6 Å². The number of benzene rings is 1. The minimum Gasteiger partial charge on any atom is -0.506 e. The van der Waals surface area contributed by atoms with Crippen molar-refractivity contribution in [3.05, 3.63) is 27.7 Å². The van der Waals surface area contributed by atoms with E-state index in [2.05, 4.69) is 10.6 Å². The van der Waals surface area contributed by atoms with E-state index in [4.69, 9.17) is 23.2 Å². The van der Waals surface area contributed by atoms with E-state index in [0.717, 1.165) is 18.1 Å². The number of carbonyl (C=O) groups is 1. The molecule has 0 fully saturated rings. The zero-order chi connectivity index (χ0) is 15.0. The summed E-state index contributed by atoms with van der Waals surface area (Å²) in [6.07, 6.45) is 0. The van der Waals surface area contributed by atoms with Gasteiger partial charge in [-0.05, 0) is 19.2 Å². The molecule has 0 heterocycles. The van der Waals surface area contributed by atoms with Crippen molar-refractivity contribution < 1.29 is 9.90 Å². The largest absolute Gasteiger partial charge is 0.506 e. The summed E-state index contributed by atoms with van der Waals surface area (Å²) in [6.45, 7) is 1.47. The van der Waals surface area contributed by atoms with Crippen LogP contribution in [0.15, 0.2) is 12.1 Å². The highest BCUT2D eigenvalue weighted by molar-refractivity contribution is 8.76. The summed E-state index contributed by atoms with van der Waals surface area (Å²) in [5.74, 6) is 1.17. The second-order valence-electron chi connectivity index (χ2n) is 3.79. The maximum Gasteiger partial charge on any atom is 0.255 e. The van der Waals surface area contributed by atoms with Crippen molar-refractivity contribution in [2.75, 3.05) is 31.6 Å². The van der Waals surface area contributed by atoms with E-state index in [-0.39, 0.29) is 22.2 Å². The number of carbonyl (C=O) groups excluding carboxylic acids is 1. The van der Waals surface area contributed by atoms with Crippen molar-refractivity contribution in [1.29, 1.82) is 0 Å². The molecule has 0 saturated carbocycles. The first-order chi connectivity index (χ1) is 9.56. The van der Waals surface area contributed by atoms with Gasteiger partial charge in [-0.15, -0.1) is 0 Å². The predicted molar refractivity (Wildman–Crippen MR) is 89.3 cm³/mol. The van der Waals surface area contributed by atoms with Crippen LogP contribution >= 0.6 is 44.8 Å². The molecule has 0 unspecified atom stereocenters. The van der Waals surface area contributed by atoms with Crippen LogP contribution < -0.4 is 10.6 Å². The van der Waals surface area contributed by atoms with Crippen LogP contribution in [0.5, 0.6) is 5.75 Å². The molecule has 0 bridgehead atoms. The van der Waals surface area contributed by atoms with Gasteiger partial charge >= 0.3 is 0 Å². The Hall–Kier alpha value is -0.270. The first-order valence-corrected chi connectivity index (χ1v) is 9.16. The molecule has 1 aromatic carbocycles. The zero-order valence-electron chi connectivity index (χ0n) is 10.9. The molecule has 0 aliphatic rings. The molecule has 0 aromatic heterocycles. The van der Waals surface area contributed by atoms with Crippen molar-refractivity contribution in [1.82, 2.24) is 10.6 Å². The van der Waals surface area contributed by atoms with E-state index < -0.39 is 0 Å². The lowest BCUT2D eigenvalue weighted by atomic mass is 10.2. The summed E-state index contributed by atoms with van der Waals surface area (Å²) in [5, 5.41) is 15.9. The predicted octanol–water partition coefficient (Wildman–Crippen LogP) is 3.03. The van der Waals surface area contributed by atoms with E-state index in [1.807, 2.05) is 7.05 Å². The average molecular weight is 355 g/mol. The smallest absolute Gasteiger partial charge is 0.255 e. The molecule has 20 heavy (non-hydrogen) atoms. The highest BCUT2D eigenvalue weighted by Gasteiger charge is 2.14. The van der Waals surface area contributed by atoms with Crippen molar-refractivity contribution in [3.8, 4) is 5.75 Å². The number of nitrogens with one attached hydrogen (secondary N) is 2. The molecule has 3 N–H and O–H groups in total. The van der Waals surface area contributed by atoms with Gasteiger partial charge in [-0.3, -0.25) is 4.79 Å². The third kappa shape index (κ3) is 6.01. The Morgan fingerprint density at radius 2 is 1.90 bits per heavy atom. The molecule has 1 aromatic rings. The standard InChI is InChI=1S/C12H16Cl2N2O2S2/c1-15-2-4-19-20-5-3-16-12(18)9-6-8(13)7-10(14)11(9)17/h6-7,15,17H,2-5H2,1H3,(H,16,18). The Kier molecular flexibility index (Phi) is 8.56. The molecule has 0 spiro atoms. The second kappa shape index (κ2) is 9.63. The molecule has 0 radical (unpaired) electrons. The zero-order valence-corrected chi connectivity index (χ0v) is 14.1. The van der Waals surface area contributed by atoms with Crippen LogP contribution in [0.2, 0.25) is 10.0 Å². The highest BCUT2D eigenvalue weighted by Crippen LogP contribution is 2.31. The fourth-order valence-corrected chi connectivity index (χ4v) is 3.71. The van der Waals surface area contributed by atoms with Crippen molar-refractivity contribution in [2.24, 2.45) is 0 Å². The van der Waals surface area contributed by atoms with Crippen LogP contribution in [0.3, 0.4) is 0 Å². The first kappa shape index (κ1) is 17.8. The Morgan fingerprint density at radius 1 is 1.25 bits per heavy atom. The van der Waals surface area contributed by atoms with Gasteiger partial charge < -0.3 is 15.7 Å². The number of phenolic OH excluding ortho intramolecular Hbond substituents is 1. The van der Waals surface area contributed by atoms with Gasteiger partial charge in [-0.1, -0.05) is 44.8 Å². The summed E-state index contributed by atoms with van der Waals surface area (Å²) in [4.78, 5) is 11.9. The maximum absolute atomic E-state index is 11.9. The lowest BCUT2D eigenvalue weighted by Crippen LogP contribution is -2.25. The molecular formula is C12H16Cl2N2O2S2. The molecule has 8 heteroatoms. The lowest BCUT2D eigenvalue weighted by Gasteiger charge is -2.08. The van der Waals surface area contributed by atoms with E-state index >= 15 is 0 Å². The molecule has 0 saturated heterocycles. The monoisotopic (exact) mass is 354 g/mol. The first-order valence-electron chi connectivity index (χ1n) is 5.91. The van der Waals surface area contributed by atoms with Gasteiger partial charge in [0.25, 0.3) is 5.91 Å². The summed E-state index contributed by atoms with van der Waals surface area (Å²) in [5.41, 5.74) is 0.0929. The average Bonchev–Trinajstić information content (AvgIpc) is 2.41. The minimum atomic E-state index is -0.382. The van der Waals surface area contributed by atoms with Crippen LogP contribution in [-0.2, 0) is 0 Å². The Balaban J connectivity index is 2.36. The number of amides is 1. The van der Waals surface area contributed by atoms with Crippen LogP contribution in [0.4, 0.5) is 0 Å². The fraction of sp³-hybridized carbons (Fsp3) is 0.417. The quantitative estimate of drug-likeness (QED) is 0.494. The SMILES string of the molecule is CNCCSSCCNC(=O)c1cc(Cl)cc(Cl)c1O. The summed E-state index contributed by atoms with van der Waals surface area (Å²) in [7, 11) is 5.34. The van der Waals surface area contributed by atoms with Crippen LogP contribution in [0, 0.1) is 0 Å². The van der Waals surface area contributed by atoms with E-state index in [1.54, 1.807) is 21.6 Å². The van der Waals surface area contributed by atoms with Gasteiger partial charge in [0.1, 0.15) is 5.75 Å². The Morgan fingerprint density at radius 3 is 2.55 bits per heavy atom. The van der Waals surface area contributed by atoms with E-state index in [1.165, 1.54) is 12.1 Å². The van der Waals surface area contributed by atoms with E-state index in [9.17, 15) is 9.90 Å². The maximum atomic E-state index is 11.9. The molecule has 0 aliphatic carbocycles. The third-order valence-corrected chi connectivity index (χ3v) is 5.18. The molecule has 1 rings (SSSR count). The van der Waals surface area contributed by atoms with Crippen molar-refractivity contribution in [2.45, 2.75) is 0 Å². The molecule has 0 atom stereocenters. The Labute approximate surface area is 136 Å². The van der Waals surface area contributed by atoms with Crippen LogP contribution in [-0.4, -0.2) is 42.7 Å². The molecular weight excluding hydrogens is 339 g/mol. The summed E-state index contributed by atoms with van der Waals surface area (Å²) < 4.78 is 0. The molecule has 4 nitrogen and oxygen atoms in total. The number of rotatable bonds is 8. The minimum absolute atomic E-state index is 0.0691. The highest BCUT2D eigenvalue weighted by atomic mass is 35.5. The molecule has 1 amide bonds. The summed E-state index contributed by atoms with van der Waals surface area (Å²) >= 11 is 11.6. The van der Waals surface area contributed by atoms with Gasteiger partial charge in [0.15, 0.2) is 0 Å². The number of halogens is 2. The van der Waals surface area contributed by atoms with Crippen LogP contribution in [0.25, 0.3) is 0 Å². The number of phenols is 1. The van der Waals surface area contributed by atoms with Gasteiger partial charge in [0.05, 0.1) is 10.6 Å². The number of hydrogen-bond donors (Lipinski definition) is 3. The van der Waals surface area contributed by atoms with Gasteiger partial charge in [0, 0.05) is 29.6 Å². The van der Waals surface area contributed by atoms with Gasteiger partial charge in [0.2, 0.25) is 0 Å². The number of aromatic hydroxyl groups is 1. The van der Waals surface area contributed by atoms with Gasteiger partial charge in [-0.25, -0.2) is 0 Å². The normalized spacial score (nSPS) is 10.6. The molecule has 0 aliphatic heterocycles. The number of hydrogen-bond acceptors (Lipinski definition) is 5. The topological polar surface area (TPSA) is 61.4 Å². The Bertz CT molecular complexity index is 461. The van der Waals surface area contributed by atoms with Crippen molar-refractivity contribution >= 4 is 50.7 Å². The van der Waals surface area contributed by atoms with Gasteiger partial charge in [-0.2, -0.15) is 0 Å². The molecule has 112 valence electrons.